The molecule has 0 heterocycles. The van der Waals surface area contributed by atoms with Gasteiger partial charge in [-0.05, 0) is 154 Å². The van der Waals surface area contributed by atoms with E-state index in [4.69, 9.17) is 32.3 Å². The van der Waals surface area contributed by atoms with Crippen LogP contribution in [0.1, 0.15) is 278 Å². The maximum absolute atomic E-state index is 13.0. The maximum Gasteiger partial charge on any atom is 0.472 e. The van der Waals surface area contributed by atoms with E-state index in [1.807, 2.05) is 0 Å². The molecule has 16 nitrogen and oxygen atoms in total. The van der Waals surface area contributed by atoms with E-state index < -0.39 is 91.5 Å². The van der Waals surface area contributed by atoms with Crippen molar-refractivity contribution in [1.82, 2.24) is 0 Å². The monoisotopic (exact) mass is 1420 g/mol. The molecule has 0 rings (SSSR count). The fourth-order valence-electron chi connectivity index (χ4n) is 9.45. The van der Waals surface area contributed by atoms with Gasteiger partial charge in [0.25, 0.3) is 0 Å². The van der Waals surface area contributed by atoms with Crippen molar-refractivity contribution in [2.45, 2.75) is 296 Å². The van der Waals surface area contributed by atoms with Crippen molar-refractivity contribution in [3.63, 3.8) is 0 Å². The van der Waals surface area contributed by atoms with Crippen LogP contribution in [0.2, 0.25) is 0 Å². The van der Waals surface area contributed by atoms with Gasteiger partial charge in [0.15, 0.2) is 6.10 Å². The largest absolute Gasteiger partial charge is 0.472 e. The van der Waals surface area contributed by atoms with Gasteiger partial charge >= 0.3 is 33.6 Å². The number of allylic oxidation sites excluding steroid dienone is 26. The Hall–Kier alpha value is -4.83. The molecule has 0 aliphatic carbocycles. The van der Waals surface area contributed by atoms with Crippen LogP contribution >= 0.6 is 15.6 Å². The lowest BCUT2D eigenvalue weighted by molar-refractivity contribution is -0.161. The van der Waals surface area contributed by atoms with Crippen LogP contribution in [0, 0.1) is 0 Å². The van der Waals surface area contributed by atoms with Gasteiger partial charge in [-0.15, -0.1) is 0 Å². The van der Waals surface area contributed by atoms with Crippen molar-refractivity contribution < 1.29 is 75.8 Å². The summed E-state index contributed by atoms with van der Waals surface area (Å²) in [6, 6.07) is 0. The molecular formula is C81H134O16P2. The second kappa shape index (κ2) is 72.9. The van der Waals surface area contributed by atoms with Gasteiger partial charge in [0, 0.05) is 19.3 Å². The van der Waals surface area contributed by atoms with Gasteiger partial charge in [-0.1, -0.05) is 262 Å². The van der Waals surface area contributed by atoms with Crippen molar-refractivity contribution in [3.05, 3.63) is 158 Å². The third-order valence-corrected chi connectivity index (χ3v) is 17.1. The summed E-state index contributed by atoms with van der Waals surface area (Å²) in [5.74, 6) is -1.64. The van der Waals surface area contributed by atoms with Gasteiger partial charge in [-0.2, -0.15) is 0 Å². The summed E-state index contributed by atoms with van der Waals surface area (Å²) in [6.45, 7) is 2.43. The molecule has 564 valence electrons. The van der Waals surface area contributed by atoms with Gasteiger partial charge < -0.3 is 34.2 Å². The number of esters is 3. The summed E-state index contributed by atoms with van der Waals surface area (Å²) in [6.07, 6.45) is 89.8. The van der Waals surface area contributed by atoms with E-state index in [1.54, 1.807) is 0 Å². The van der Waals surface area contributed by atoms with E-state index in [0.29, 0.717) is 19.3 Å². The fraction of sp³-hybridized carbons (Fsp3) is 0.642. The van der Waals surface area contributed by atoms with E-state index in [-0.39, 0.29) is 19.3 Å². The van der Waals surface area contributed by atoms with Crippen LogP contribution in [0.5, 0.6) is 0 Å². The van der Waals surface area contributed by atoms with Crippen molar-refractivity contribution in [3.8, 4) is 0 Å². The van der Waals surface area contributed by atoms with E-state index in [1.165, 1.54) is 44.9 Å². The van der Waals surface area contributed by atoms with Crippen molar-refractivity contribution in [1.29, 1.82) is 0 Å². The van der Waals surface area contributed by atoms with Crippen molar-refractivity contribution >= 4 is 33.6 Å². The van der Waals surface area contributed by atoms with E-state index in [9.17, 15) is 43.5 Å². The highest BCUT2D eigenvalue weighted by Crippen LogP contribution is 2.45. The summed E-state index contributed by atoms with van der Waals surface area (Å²) < 4.78 is 61.1. The molecular weight excluding hydrogens is 1290 g/mol. The normalized spacial score (nSPS) is 14.9. The number of unbranched alkanes of at least 4 members (excludes halogenated alkanes) is 21. The molecule has 0 fully saturated rings. The quantitative estimate of drug-likeness (QED) is 0.0146. The first kappa shape index (κ1) is 94.2. The minimum Gasteiger partial charge on any atom is -0.463 e. The Morgan fingerprint density at radius 2 is 0.535 bits per heavy atom. The molecule has 0 aromatic heterocycles. The molecule has 0 saturated heterocycles. The third kappa shape index (κ3) is 74.2. The molecule has 0 aromatic carbocycles. The van der Waals surface area contributed by atoms with Crippen LogP contribution in [0.3, 0.4) is 0 Å². The highest BCUT2D eigenvalue weighted by atomic mass is 31.2. The number of ether oxygens (including phenoxy) is 3. The van der Waals surface area contributed by atoms with Crippen LogP contribution in [0.4, 0.5) is 0 Å². The van der Waals surface area contributed by atoms with Gasteiger partial charge in [-0.25, -0.2) is 9.13 Å². The lowest BCUT2D eigenvalue weighted by Crippen LogP contribution is -2.30. The molecule has 0 bridgehead atoms. The molecule has 0 aliphatic rings. The van der Waals surface area contributed by atoms with Gasteiger partial charge in [0.05, 0.1) is 26.4 Å². The summed E-state index contributed by atoms with van der Waals surface area (Å²) in [5, 5.41) is 20.6. The summed E-state index contributed by atoms with van der Waals surface area (Å²) in [7, 11) is -9.82. The van der Waals surface area contributed by atoms with Crippen LogP contribution in [0.25, 0.3) is 0 Å². The summed E-state index contributed by atoms with van der Waals surface area (Å²) in [4.78, 5) is 58.6. The standard InChI is InChI=1S/C81H134O16P2/c1-4-7-10-13-16-19-22-25-28-31-34-36-37-39-42-43-46-49-52-55-58-61-64-67-79(84)91-70-76(82)71-93-98(87,88)94-72-77(83)73-95-99(89,90)96-75-78(97-81(86)69-66-63-60-57-54-51-48-45-40-33-30-27-24-21-18-15-12-9-6-3)74-92-80(85)68-65-62-59-56-53-50-47-44-41-38-35-32-29-26-23-20-17-14-11-8-5-2/h7,10,16-21,25-30,34-36,38-40,42,44-47,49,76-78,82-83H,4-6,8-9,11-15,22-24,31-33,37,41,43,48,50-75H2,1-3H3,(H,87,88)(H,89,90)/b10-7-,19-16-,20-17-,21-18-,28-25-,29-26-,30-27-,36-34-,38-35-,42-39-,45-40-,47-44-,49-46-. The van der Waals surface area contributed by atoms with Gasteiger partial charge in [0.1, 0.15) is 25.4 Å². The van der Waals surface area contributed by atoms with Crippen LogP contribution < -0.4 is 0 Å². The minimum absolute atomic E-state index is 0.0796. The molecule has 4 N–H and O–H groups in total. The van der Waals surface area contributed by atoms with Crippen LogP contribution in [-0.4, -0.2) is 95.9 Å². The summed E-state index contributed by atoms with van der Waals surface area (Å²) in [5.41, 5.74) is 0. The number of rotatable bonds is 70. The van der Waals surface area contributed by atoms with Crippen LogP contribution in [0.15, 0.2) is 158 Å². The predicted molar refractivity (Wildman–Crippen MR) is 408 cm³/mol. The zero-order chi connectivity index (χ0) is 72.3. The first-order valence-corrected chi connectivity index (χ1v) is 40.8. The number of hydrogen-bond donors (Lipinski definition) is 4. The Morgan fingerprint density at radius 3 is 0.848 bits per heavy atom. The fourth-order valence-corrected chi connectivity index (χ4v) is 11.0. The topological polar surface area (TPSA) is 231 Å². The highest BCUT2D eigenvalue weighted by Gasteiger charge is 2.29. The molecule has 0 aromatic rings. The Balaban J connectivity index is 4.76. The molecule has 5 atom stereocenters. The highest BCUT2D eigenvalue weighted by molar-refractivity contribution is 7.47. The van der Waals surface area contributed by atoms with Crippen LogP contribution in [-0.2, 0) is 55.8 Å². The van der Waals surface area contributed by atoms with Gasteiger partial charge in [0.2, 0.25) is 0 Å². The average molecular weight is 1430 g/mol. The Morgan fingerprint density at radius 1 is 0.293 bits per heavy atom. The Kier molecular flexibility index (Phi) is 69.4. The number of aliphatic hydroxyl groups excluding tert-OH is 2. The number of carbonyl (C=O) groups is 3. The molecule has 99 heavy (non-hydrogen) atoms. The molecule has 5 unspecified atom stereocenters. The first-order valence-electron chi connectivity index (χ1n) is 37.8. The van der Waals surface area contributed by atoms with Crippen molar-refractivity contribution in [2.24, 2.45) is 0 Å². The predicted octanol–water partition coefficient (Wildman–Crippen LogP) is 21.9. The van der Waals surface area contributed by atoms with E-state index in [2.05, 4.69) is 179 Å². The third-order valence-electron chi connectivity index (χ3n) is 15.2. The molecule has 0 saturated carbocycles. The minimum atomic E-state index is -4.95. The SMILES string of the molecule is CC/C=C\C/C=C\C/C=C\C/C=C\C/C=C\C/C=C\CCCCCCC(=O)OCC(O)COP(=O)(O)OCC(O)COP(=O)(O)OCC(COC(=O)CCCCCCC/C=C\C/C=C\C/C=C\C/C=C\CCCCC)OC(=O)CCCCCCCC/C=C\C/C=C\C/C=C\CCCCC. The number of phosphoric ester groups is 2. The second-order valence-electron chi connectivity index (χ2n) is 24.7. The van der Waals surface area contributed by atoms with E-state index >= 15 is 0 Å². The zero-order valence-electron chi connectivity index (χ0n) is 61.4. The molecule has 0 aliphatic heterocycles. The van der Waals surface area contributed by atoms with E-state index in [0.717, 1.165) is 173 Å². The zero-order valence-corrected chi connectivity index (χ0v) is 63.1. The van der Waals surface area contributed by atoms with Gasteiger partial charge in [-0.3, -0.25) is 32.5 Å². The van der Waals surface area contributed by atoms with Crippen molar-refractivity contribution in [2.75, 3.05) is 39.6 Å². The Bertz CT molecular complexity index is 2430. The molecule has 0 amide bonds. The lowest BCUT2D eigenvalue weighted by Gasteiger charge is -2.21. The first-order chi connectivity index (χ1) is 48.2. The molecule has 18 heteroatoms. The number of carbonyl (C=O) groups excluding carboxylic acids is 3. The molecule has 0 radical (unpaired) electrons. The average Bonchev–Trinajstić information content (AvgIpc) is 2.30. The second-order valence-corrected chi connectivity index (χ2v) is 27.6. The number of hydrogen-bond acceptors (Lipinski definition) is 14. The molecule has 0 spiro atoms. The smallest absolute Gasteiger partial charge is 0.463 e. The summed E-state index contributed by atoms with van der Waals surface area (Å²) >= 11 is 0. The maximum atomic E-state index is 13.0. The Labute approximate surface area is 600 Å². The number of phosphoric acid groups is 2. The lowest BCUT2D eigenvalue weighted by atomic mass is 10.1. The number of aliphatic hydroxyl groups is 2.